The highest BCUT2D eigenvalue weighted by molar-refractivity contribution is 5.89. The van der Waals surface area contributed by atoms with Gasteiger partial charge in [-0.05, 0) is 31.9 Å². The fourth-order valence-electron chi connectivity index (χ4n) is 2.29. The van der Waals surface area contributed by atoms with E-state index in [0.29, 0.717) is 31.2 Å². The van der Waals surface area contributed by atoms with Crippen LogP contribution in [0.3, 0.4) is 0 Å². The van der Waals surface area contributed by atoms with Gasteiger partial charge in [-0.2, -0.15) is 13.2 Å². The summed E-state index contributed by atoms with van der Waals surface area (Å²) < 4.78 is 38.8. The molecule has 0 aliphatic rings. The van der Waals surface area contributed by atoms with Gasteiger partial charge in [0.1, 0.15) is 5.82 Å². The first kappa shape index (κ1) is 18.0. The molecule has 0 bridgehead atoms. The summed E-state index contributed by atoms with van der Waals surface area (Å²) in [5.41, 5.74) is 1.13. The van der Waals surface area contributed by atoms with Crippen LogP contribution in [-0.2, 0) is 11.0 Å². The van der Waals surface area contributed by atoms with Gasteiger partial charge >= 0.3 is 12.1 Å². The number of hydrogen-bond acceptors (Lipinski definition) is 4. The first-order valence-electron chi connectivity index (χ1n) is 7.58. The Labute approximate surface area is 136 Å². The number of fused-ring (bicyclic) bond motifs is 1. The van der Waals surface area contributed by atoms with Crippen LogP contribution in [0.15, 0.2) is 18.2 Å². The number of aromatic nitrogens is 2. The lowest BCUT2D eigenvalue weighted by Crippen LogP contribution is -2.14. The molecule has 24 heavy (non-hydrogen) atoms. The zero-order valence-corrected chi connectivity index (χ0v) is 13.2. The van der Waals surface area contributed by atoms with Gasteiger partial charge in [-0.25, -0.2) is 9.97 Å². The molecule has 0 atom stereocenters. The van der Waals surface area contributed by atoms with Crippen LogP contribution in [0.5, 0.6) is 0 Å². The number of aryl methyl sites for hydroxylation is 1. The number of unbranched alkanes of at least 4 members (excludes halogenated alkanes) is 2. The summed E-state index contributed by atoms with van der Waals surface area (Å²) in [6, 6.07) is 4.98. The number of carbonyl (C=O) groups is 1. The minimum absolute atomic E-state index is 0.0911. The van der Waals surface area contributed by atoms with Gasteiger partial charge in [-0.15, -0.1) is 0 Å². The lowest BCUT2D eigenvalue weighted by Gasteiger charge is -2.12. The predicted molar refractivity (Wildman–Crippen MR) is 83.9 cm³/mol. The minimum Gasteiger partial charge on any atom is -0.481 e. The van der Waals surface area contributed by atoms with E-state index in [1.165, 1.54) is 0 Å². The van der Waals surface area contributed by atoms with Gasteiger partial charge in [0.2, 0.25) is 5.82 Å². The monoisotopic (exact) mass is 341 g/mol. The second-order valence-corrected chi connectivity index (χ2v) is 5.55. The summed E-state index contributed by atoms with van der Waals surface area (Å²) >= 11 is 0. The maximum absolute atomic E-state index is 12.9. The summed E-state index contributed by atoms with van der Waals surface area (Å²) in [5.74, 6) is -1.88. The van der Waals surface area contributed by atoms with Crippen LogP contribution in [-0.4, -0.2) is 27.6 Å². The van der Waals surface area contributed by atoms with E-state index in [2.05, 4.69) is 15.3 Å². The van der Waals surface area contributed by atoms with Crippen molar-refractivity contribution in [2.45, 2.75) is 38.8 Å². The van der Waals surface area contributed by atoms with Gasteiger partial charge in [-0.1, -0.05) is 18.1 Å². The number of carboxylic acid groups (broad SMARTS) is 1. The van der Waals surface area contributed by atoms with Crippen LogP contribution in [0.1, 0.15) is 37.1 Å². The zero-order chi connectivity index (χ0) is 17.7. The normalized spacial score (nSPS) is 11.7. The maximum Gasteiger partial charge on any atom is 0.451 e. The summed E-state index contributed by atoms with van der Waals surface area (Å²) in [4.78, 5) is 17.6. The molecule has 0 saturated heterocycles. The van der Waals surface area contributed by atoms with Crippen LogP contribution in [0.4, 0.5) is 19.0 Å². The molecule has 8 heteroatoms. The van der Waals surface area contributed by atoms with Crippen molar-refractivity contribution in [3.05, 3.63) is 29.6 Å². The van der Waals surface area contributed by atoms with Gasteiger partial charge in [0.25, 0.3) is 0 Å². The second-order valence-electron chi connectivity index (χ2n) is 5.55. The number of nitrogens with one attached hydrogen (secondary N) is 1. The third-order valence-corrected chi connectivity index (χ3v) is 3.46. The summed E-state index contributed by atoms with van der Waals surface area (Å²) in [6.45, 7) is 2.25. The lowest BCUT2D eigenvalue weighted by atomic mass is 10.1. The Morgan fingerprint density at radius 3 is 2.62 bits per heavy atom. The molecule has 0 radical (unpaired) electrons. The SMILES string of the molecule is Cc1ccc2nc(C(F)(F)F)nc(NCCCCCC(=O)O)c2c1. The van der Waals surface area contributed by atoms with Crippen LogP contribution < -0.4 is 5.32 Å². The van der Waals surface area contributed by atoms with E-state index in [0.717, 1.165) is 5.56 Å². The van der Waals surface area contributed by atoms with E-state index in [4.69, 9.17) is 5.11 Å². The van der Waals surface area contributed by atoms with Crippen LogP contribution >= 0.6 is 0 Å². The standard InChI is InChI=1S/C16H18F3N3O2/c1-10-6-7-12-11(9-10)14(22-15(21-12)16(17,18)19)20-8-4-2-3-5-13(23)24/h6-7,9H,2-5,8H2,1H3,(H,23,24)(H,20,21,22). The molecule has 1 aromatic heterocycles. The molecule has 5 nitrogen and oxygen atoms in total. The molecular formula is C16H18F3N3O2. The average Bonchev–Trinajstić information content (AvgIpc) is 2.49. The Hall–Kier alpha value is -2.38. The highest BCUT2D eigenvalue weighted by atomic mass is 19.4. The first-order chi connectivity index (χ1) is 11.3. The quantitative estimate of drug-likeness (QED) is 0.744. The molecule has 0 fully saturated rings. The molecule has 2 aromatic rings. The van der Waals surface area contributed by atoms with E-state index in [1.54, 1.807) is 18.2 Å². The number of hydrogen-bond donors (Lipinski definition) is 2. The second kappa shape index (κ2) is 7.46. The van der Waals surface area contributed by atoms with Gasteiger partial charge in [0, 0.05) is 18.4 Å². The molecule has 2 N–H and O–H groups in total. The van der Waals surface area contributed by atoms with Crippen molar-refractivity contribution < 1.29 is 23.1 Å². The smallest absolute Gasteiger partial charge is 0.451 e. The molecule has 0 aliphatic carbocycles. The summed E-state index contributed by atoms with van der Waals surface area (Å²) in [7, 11) is 0. The van der Waals surface area contributed by atoms with Crippen LogP contribution in [0.2, 0.25) is 0 Å². The van der Waals surface area contributed by atoms with Gasteiger partial charge < -0.3 is 10.4 Å². The van der Waals surface area contributed by atoms with Crippen molar-refractivity contribution in [3.8, 4) is 0 Å². The summed E-state index contributed by atoms with van der Waals surface area (Å²) in [6.07, 6.45) is -2.67. The highest BCUT2D eigenvalue weighted by Crippen LogP contribution is 2.30. The number of carboxylic acids is 1. The third-order valence-electron chi connectivity index (χ3n) is 3.46. The van der Waals surface area contributed by atoms with E-state index < -0.39 is 18.0 Å². The largest absolute Gasteiger partial charge is 0.481 e. The number of aliphatic carboxylic acids is 1. The number of nitrogens with zero attached hydrogens (tertiary/aromatic N) is 2. The summed E-state index contributed by atoms with van der Waals surface area (Å²) in [5, 5.41) is 12.0. The van der Waals surface area contributed by atoms with Gasteiger partial charge in [0.15, 0.2) is 0 Å². The highest BCUT2D eigenvalue weighted by Gasteiger charge is 2.35. The van der Waals surface area contributed by atoms with E-state index >= 15 is 0 Å². The van der Waals surface area contributed by atoms with Crippen molar-refractivity contribution in [2.24, 2.45) is 0 Å². The molecule has 0 saturated carbocycles. The van der Waals surface area contributed by atoms with Crippen molar-refractivity contribution >= 4 is 22.7 Å². The zero-order valence-electron chi connectivity index (χ0n) is 13.2. The Bertz CT molecular complexity index is 732. The average molecular weight is 341 g/mol. The number of rotatable bonds is 7. The minimum atomic E-state index is -4.61. The molecule has 1 aromatic carbocycles. The van der Waals surface area contributed by atoms with Crippen molar-refractivity contribution in [2.75, 3.05) is 11.9 Å². The first-order valence-corrected chi connectivity index (χ1v) is 7.58. The molecule has 0 spiro atoms. The fourth-order valence-corrected chi connectivity index (χ4v) is 2.29. The maximum atomic E-state index is 12.9. The molecular weight excluding hydrogens is 323 g/mol. The van der Waals surface area contributed by atoms with E-state index in [9.17, 15) is 18.0 Å². The van der Waals surface area contributed by atoms with Crippen LogP contribution in [0.25, 0.3) is 10.9 Å². The number of halogens is 3. The Morgan fingerprint density at radius 1 is 1.21 bits per heavy atom. The lowest BCUT2D eigenvalue weighted by molar-refractivity contribution is -0.144. The fraction of sp³-hybridized carbons (Fsp3) is 0.438. The molecule has 0 amide bonds. The Balaban J connectivity index is 2.14. The molecule has 130 valence electrons. The number of benzene rings is 1. The van der Waals surface area contributed by atoms with Gasteiger partial charge in [0.05, 0.1) is 5.52 Å². The van der Waals surface area contributed by atoms with E-state index in [-0.39, 0.29) is 17.8 Å². The van der Waals surface area contributed by atoms with Gasteiger partial charge in [-0.3, -0.25) is 4.79 Å². The number of alkyl halides is 3. The van der Waals surface area contributed by atoms with Crippen molar-refractivity contribution in [1.29, 1.82) is 0 Å². The molecule has 0 unspecified atom stereocenters. The molecule has 1 heterocycles. The van der Waals surface area contributed by atoms with Crippen molar-refractivity contribution in [1.82, 2.24) is 9.97 Å². The molecule has 0 aliphatic heterocycles. The Morgan fingerprint density at radius 2 is 1.96 bits per heavy atom. The van der Waals surface area contributed by atoms with E-state index in [1.807, 2.05) is 6.92 Å². The van der Waals surface area contributed by atoms with Crippen LogP contribution in [0, 0.1) is 6.92 Å². The van der Waals surface area contributed by atoms with Crippen molar-refractivity contribution in [3.63, 3.8) is 0 Å². The predicted octanol–water partition coefficient (Wildman–Crippen LogP) is 4.01. The Kier molecular flexibility index (Phi) is 5.58. The molecule has 2 rings (SSSR count). The topological polar surface area (TPSA) is 75.1 Å². The number of anilines is 1. The third kappa shape index (κ3) is 4.81.